The zero-order valence-corrected chi connectivity index (χ0v) is 17.7. The van der Waals surface area contributed by atoms with Crippen LogP contribution in [0.5, 0.6) is 5.75 Å². The van der Waals surface area contributed by atoms with Gasteiger partial charge in [0.15, 0.2) is 5.11 Å². The van der Waals surface area contributed by atoms with Crippen molar-refractivity contribution in [2.75, 3.05) is 38.7 Å². The normalized spacial score (nSPS) is 13.0. The maximum absolute atomic E-state index is 12.6. The molecule has 2 N–H and O–H groups in total. The molecule has 2 aromatic carbocycles. The molecule has 7 nitrogen and oxygen atoms in total. The third-order valence-corrected chi connectivity index (χ3v) is 4.89. The first-order chi connectivity index (χ1) is 14.6. The molecule has 1 heterocycles. The van der Waals surface area contributed by atoms with E-state index < -0.39 is 0 Å². The second-order valence-electron chi connectivity index (χ2n) is 6.82. The van der Waals surface area contributed by atoms with Crippen LogP contribution in [0, 0.1) is 0 Å². The van der Waals surface area contributed by atoms with Crippen LogP contribution in [-0.4, -0.2) is 55.2 Å². The molecule has 1 fully saturated rings. The third-order valence-electron chi connectivity index (χ3n) is 4.69. The average Bonchev–Trinajstić information content (AvgIpc) is 3.29. The number of ether oxygens (including phenoxy) is 2. The highest BCUT2D eigenvalue weighted by atomic mass is 32.1. The van der Waals surface area contributed by atoms with Gasteiger partial charge in [0.25, 0.3) is 11.8 Å². The molecule has 2 aromatic rings. The zero-order valence-electron chi connectivity index (χ0n) is 16.8. The van der Waals surface area contributed by atoms with E-state index in [0.717, 1.165) is 25.9 Å². The summed E-state index contributed by atoms with van der Waals surface area (Å²) in [5.74, 6) is 0.126. The smallest absolute Gasteiger partial charge is 0.261 e. The minimum absolute atomic E-state index is 0.0417. The van der Waals surface area contributed by atoms with Crippen LogP contribution in [0.4, 0.5) is 5.69 Å². The van der Waals surface area contributed by atoms with Crippen LogP contribution >= 0.6 is 12.2 Å². The summed E-state index contributed by atoms with van der Waals surface area (Å²) in [5, 5.41) is 5.77. The van der Waals surface area contributed by atoms with Crippen molar-refractivity contribution in [3.05, 3.63) is 59.7 Å². The topological polar surface area (TPSA) is 79.9 Å². The quantitative estimate of drug-likeness (QED) is 0.522. The Morgan fingerprint density at radius 3 is 2.43 bits per heavy atom. The Morgan fingerprint density at radius 2 is 1.73 bits per heavy atom. The number of nitrogens with zero attached hydrogens (tertiary/aromatic N) is 1. The number of benzene rings is 2. The Balaban J connectivity index is 1.56. The molecule has 8 heteroatoms. The summed E-state index contributed by atoms with van der Waals surface area (Å²) in [4.78, 5) is 26.9. The molecule has 1 saturated heterocycles. The molecule has 1 aliphatic rings. The molecule has 0 aliphatic carbocycles. The van der Waals surface area contributed by atoms with Crippen LogP contribution in [0.15, 0.2) is 48.5 Å². The van der Waals surface area contributed by atoms with Gasteiger partial charge in [-0.05, 0) is 61.5 Å². The van der Waals surface area contributed by atoms with Crippen LogP contribution in [0.3, 0.4) is 0 Å². The number of nitrogens with one attached hydrogen (secondary N) is 2. The number of hydrogen-bond acceptors (Lipinski definition) is 5. The van der Waals surface area contributed by atoms with Crippen molar-refractivity contribution in [1.29, 1.82) is 0 Å². The van der Waals surface area contributed by atoms with E-state index in [0.29, 0.717) is 35.8 Å². The molecular weight excluding hydrogens is 402 g/mol. The maximum Gasteiger partial charge on any atom is 0.261 e. The zero-order chi connectivity index (χ0) is 21.3. The first-order valence-corrected chi connectivity index (χ1v) is 10.2. The van der Waals surface area contributed by atoms with Crippen molar-refractivity contribution in [2.24, 2.45) is 0 Å². The molecule has 0 atom stereocenters. The molecule has 0 unspecified atom stereocenters. The molecule has 0 spiro atoms. The van der Waals surface area contributed by atoms with Gasteiger partial charge in [0.05, 0.1) is 12.2 Å². The number of methoxy groups -OCH3 is 1. The molecule has 1 aliphatic heterocycles. The predicted octanol–water partition coefficient (Wildman–Crippen LogP) is 3.07. The van der Waals surface area contributed by atoms with Gasteiger partial charge in [-0.2, -0.15) is 0 Å². The van der Waals surface area contributed by atoms with Gasteiger partial charge in [0.1, 0.15) is 12.4 Å². The predicted molar refractivity (Wildman–Crippen MR) is 119 cm³/mol. The van der Waals surface area contributed by atoms with Crippen molar-refractivity contribution in [3.8, 4) is 5.75 Å². The minimum Gasteiger partial charge on any atom is -0.490 e. The number of carbonyl (C=O) groups excluding carboxylic acids is 2. The van der Waals surface area contributed by atoms with Gasteiger partial charge in [-0.15, -0.1) is 0 Å². The highest BCUT2D eigenvalue weighted by Gasteiger charge is 2.19. The first-order valence-electron chi connectivity index (χ1n) is 9.81. The van der Waals surface area contributed by atoms with Gasteiger partial charge in [0.2, 0.25) is 0 Å². The Labute approximate surface area is 181 Å². The summed E-state index contributed by atoms with van der Waals surface area (Å²) in [6.07, 6.45) is 2.11. The molecule has 0 aromatic heterocycles. The second kappa shape index (κ2) is 10.7. The van der Waals surface area contributed by atoms with Gasteiger partial charge in [-0.25, -0.2) is 0 Å². The summed E-state index contributed by atoms with van der Waals surface area (Å²) >= 11 is 5.25. The van der Waals surface area contributed by atoms with Gasteiger partial charge >= 0.3 is 0 Å². The lowest BCUT2D eigenvalue weighted by atomic mass is 10.2. The summed E-state index contributed by atoms with van der Waals surface area (Å²) in [5.41, 5.74) is 1.70. The van der Waals surface area contributed by atoms with Crippen molar-refractivity contribution in [3.63, 3.8) is 0 Å². The van der Waals surface area contributed by atoms with E-state index in [4.69, 9.17) is 21.7 Å². The molecule has 3 rings (SSSR count). The lowest BCUT2D eigenvalue weighted by Gasteiger charge is -2.16. The maximum atomic E-state index is 12.6. The molecular formula is C22H25N3O4S. The minimum atomic E-state index is -0.374. The Hall–Kier alpha value is -2.97. The number of para-hydroxylation sites is 1. The Kier molecular flexibility index (Phi) is 7.75. The fourth-order valence-corrected chi connectivity index (χ4v) is 3.36. The van der Waals surface area contributed by atoms with Crippen molar-refractivity contribution in [2.45, 2.75) is 12.8 Å². The van der Waals surface area contributed by atoms with Gasteiger partial charge in [-0.3, -0.25) is 14.9 Å². The number of anilines is 1. The molecule has 0 radical (unpaired) electrons. The van der Waals surface area contributed by atoms with Crippen LogP contribution in [0.1, 0.15) is 33.6 Å². The standard InChI is InChI=1S/C22H25N3O4S/c1-28-14-15-29-19-7-3-2-6-18(19)20(26)24-22(30)23-17-10-8-16(9-11-17)21(27)25-12-4-5-13-25/h2-3,6-11H,4-5,12-15H2,1H3,(H2,23,24,26,30). The second-order valence-corrected chi connectivity index (χ2v) is 7.23. The summed E-state index contributed by atoms with van der Waals surface area (Å²) in [6, 6.07) is 14.0. The summed E-state index contributed by atoms with van der Waals surface area (Å²) in [6.45, 7) is 2.38. The van der Waals surface area contributed by atoms with Crippen LogP contribution in [0.2, 0.25) is 0 Å². The van der Waals surface area contributed by atoms with Gasteiger partial charge < -0.3 is 19.7 Å². The van der Waals surface area contributed by atoms with E-state index in [-0.39, 0.29) is 16.9 Å². The van der Waals surface area contributed by atoms with E-state index in [1.54, 1.807) is 55.6 Å². The number of carbonyl (C=O) groups is 2. The molecule has 158 valence electrons. The average molecular weight is 428 g/mol. The van der Waals surface area contributed by atoms with E-state index in [1.807, 2.05) is 4.90 Å². The van der Waals surface area contributed by atoms with Gasteiger partial charge in [0, 0.05) is 31.5 Å². The largest absolute Gasteiger partial charge is 0.490 e. The first kappa shape index (κ1) is 21.7. The Bertz CT molecular complexity index is 896. The van der Waals surface area contributed by atoms with Gasteiger partial charge in [-0.1, -0.05) is 12.1 Å². The van der Waals surface area contributed by atoms with Crippen molar-refractivity contribution < 1.29 is 19.1 Å². The number of amides is 2. The molecule has 30 heavy (non-hydrogen) atoms. The van der Waals surface area contributed by atoms with E-state index in [9.17, 15) is 9.59 Å². The molecule has 0 bridgehead atoms. The lowest BCUT2D eigenvalue weighted by molar-refractivity contribution is 0.0792. The molecule has 2 amide bonds. The number of hydrogen-bond donors (Lipinski definition) is 2. The molecule has 0 saturated carbocycles. The monoisotopic (exact) mass is 427 g/mol. The number of rotatable bonds is 7. The van der Waals surface area contributed by atoms with Crippen LogP contribution < -0.4 is 15.4 Å². The SMILES string of the molecule is COCCOc1ccccc1C(=O)NC(=S)Nc1ccc(C(=O)N2CCCC2)cc1. The van der Waals surface area contributed by atoms with Crippen LogP contribution in [0.25, 0.3) is 0 Å². The highest BCUT2D eigenvalue weighted by molar-refractivity contribution is 7.80. The third kappa shape index (κ3) is 5.77. The fraction of sp³-hybridized carbons (Fsp3) is 0.318. The van der Waals surface area contributed by atoms with E-state index in [1.165, 1.54) is 0 Å². The summed E-state index contributed by atoms with van der Waals surface area (Å²) in [7, 11) is 1.58. The van der Waals surface area contributed by atoms with Crippen molar-refractivity contribution in [1.82, 2.24) is 10.2 Å². The lowest BCUT2D eigenvalue weighted by Crippen LogP contribution is -2.34. The van der Waals surface area contributed by atoms with E-state index >= 15 is 0 Å². The van der Waals surface area contributed by atoms with Crippen molar-refractivity contribution >= 4 is 34.8 Å². The number of likely N-dealkylation sites (tertiary alicyclic amines) is 1. The Morgan fingerprint density at radius 1 is 1.03 bits per heavy atom. The van der Waals surface area contributed by atoms with Crippen LogP contribution in [-0.2, 0) is 4.74 Å². The highest BCUT2D eigenvalue weighted by Crippen LogP contribution is 2.18. The van der Waals surface area contributed by atoms with E-state index in [2.05, 4.69) is 10.6 Å². The summed E-state index contributed by atoms with van der Waals surface area (Å²) < 4.78 is 10.6. The fourth-order valence-electron chi connectivity index (χ4n) is 3.15. The number of thiocarbonyl (C=S) groups is 1.